The number of sulfone groups is 1. The van der Waals surface area contributed by atoms with Gasteiger partial charge in [-0.15, -0.1) is 0 Å². The molecule has 5 rings (SSSR count). The summed E-state index contributed by atoms with van der Waals surface area (Å²) >= 11 is 0. The van der Waals surface area contributed by atoms with E-state index in [-0.39, 0.29) is 41.0 Å². The maximum Gasteiger partial charge on any atom is 0.249 e. The number of imide groups is 1. The molecule has 5 atom stereocenters. The Kier molecular flexibility index (Phi) is 13.7. The summed E-state index contributed by atoms with van der Waals surface area (Å²) in [4.78, 5) is 58.4. The minimum absolute atomic E-state index is 0.000954. The number of rotatable bonds is 16. The highest BCUT2D eigenvalue weighted by Crippen LogP contribution is 2.46. The Morgan fingerprint density at radius 3 is 2.35 bits per heavy atom. The Morgan fingerprint density at radius 2 is 1.71 bits per heavy atom. The zero-order valence-corrected chi connectivity index (χ0v) is 33.1. The van der Waals surface area contributed by atoms with Gasteiger partial charge in [-0.2, -0.15) is 5.10 Å². The van der Waals surface area contributed by atoms with Crippen LogP contribution in [-0.2, 0) is 42.0 Å². The Labute approximate surface area is 324 Å². The minimum atomic E-state index is -4.00. The number of nitrogens with one attached hydrogen (secondary N) is 2. The quantitative estimate of drug-likeness (QED) is 0.169. The van der Waals surface area contributed by atoms with Crippen molar-refractivity contribution in [2.24, 2.45) is 17.6 Å². The molecule has 1 aliphatic carbocycles. The van der Waals surface area contributed by atoms with Gasteiger partial charge in [-0.3, -0.25) is 28.8 Å². The van der Waals surface area contributed by atoms with Crippen molar-refractivity contribution in [2.75, 3.05) is 12.3 Å². The van der Waals surface area contributed by atoms with Crippen molar-refractivity contribution in [1.82, 2.24) is 25.3 Å². The van der Waals surface area contributed by atoms with E-state index < -0.39 is 69.5 Å². The van der Waals surface area contributed by atoms with Crippen molar-refractivity contribution in [2.45, 2.75) is 120 Å². The summed E-state index contributed by atoms with van der Waals surface area (Å²) in [5, 5.41) is 22.0. The zero-order valence-electron chi connectivity index (χ0n) is 32.3. The predicted octanol–water partition coefficient (Wildman–Crippen LogP) is 3.42. The number of aliphatic hydroxyl groups is 1. The van der Waals surface area contributed by atoms with Crippen LogP contribution in [0.4, 0.5) is 0 Å². The normalized spacial score (nSPS) is 19.4. The van der Waals surface area contributed by atoms with E-state index in [0.29, 0.717) is 13.0 Å². The zero-order chi connectivity index (χ0) is 39.9. The fourth-order valence-electron chi connectivity index (χ4n) is 8.18. The second-order valence-corrected chi connectivity index (χ2v) is 17.8. The van der Waals surface area contributed by atoms with Gasteiger partial charge in [0.15, 0.2) is 15.4 Å². The third kappa shape index (κ3) is 9.89. The molecule has 298 valence electrons. The molecule has 0 saturated heterocycles. The van der Waals surface area contributed by atoms with Crippen LogP contribution in [0.3, 0.4) is 0 Å². The van der Waals surface area contributed by atoms with Crippen molar-refractivity contribution < 1.29 is 32.7 Å². The van der Waals surface area contributed by atoms with Gasteiger partial charge < -0.3 is 21.5 Å². The number of aliphatic hydroxyl groups excluding tert-OH is 1. The SMILES string of the molecule is CC(=O)N(C(=O)[C@@H](N)Cc1ccccc1)[C@@](Cn1cc(C)cn1)(C(=O)N[C@@H](CC1CCCCC1)[C@@H](O)CC(=O)NCC(C)C)C1CS(=O)(=O)c2ccccc21. The summed E-state index contributed by atoms with van der Waals surface area (Å²) in [6.45, 7) is 6.87. The Morgan fingerprint density at radius 1 is 1.04 bits per heavy atom. The van der Waals surface area contributed by atoms with Gasteiger partial charge in [0.05, 0.1) is 48.0 Å². The van der Waals surface area contributed by atoms with Crippen molar-refractivity contribution >= 4 is 33.5 Å². The van der Waals surface area contributed by atoms with Crippen LogP contribution < -0.4 is 16.4 Å². The molecule has 1 unspecified atom stereocenters. The van der Waals surface area contributed by atoms with Gasteiger partial charge in [0, 0.05) is 25.6 Å². The topological polar surface area (TPSA) is 194 Å². The number of hydrogen-bond acceptors (Lipinski definition) is 9. The van der Waals surface area contributed by atoms with Crippen molar-refractivity contribution in [1.29, 1.82) is 0 Å². The molecule has 2 aliphatic rings. The monoisotopic (exact) mass is 776 g/mol. The molecule has 0 bridgehead atoms. The molecule has 0 radical (unpaired) electrons. The highest BCUT2D eigenvalue weighted by atomic mass is 32.2. The number of fused-ring (bicyclic) bond motifs is 1. The summed E-state index contributed by atoms with van der Waals surface area (Å²) in [6, 6.07) is 13.0. The lowest BCUT2D eigenvalue weighted by atomic mass is 9.76. The number of nitrogens with zero attached hydrogens (tertiary/aromatic N) is 3. The van der Waals surface area contributed by atoms with Crippen molar-refractivity contribution in [3.8, 4) is 0 Å². The van der Waals surface area contributed by atoms with E-state index in [0.717, 1.165) is 55.1 Å². The third-order valence-corrected chi connectivity index (χ3v) is 12.7. The largest absolute Gasteiger partial charge is 0.390 e. The van der Waals surface area contributed by atoms with Crippen LogP contribution in [0, 0.1) is 18.8 Å². The molecular weight excluding hydrogens is 721 g/mol. The molecule has 3 aromatic rings. The number of benzene rings is 2. The average molecular weight is 777 g/mol. The first-order chi connectivity index (χ1) is 26.1. The van der Waals surface area contributed by atoms with E-state index in [1.54, 1.807) is 61.8 Å². The fraction of sp³-hybridized carbons (Fsp3) is 0.537. The van der Waals surface area contributed by atoms with E-state index in [2.05, 4.69) is 15.7 Å². The molecule has 14 heteroatoms. The molecule has 2 aromatic carbocycles. The van der Waals surface area contributed by atoms with Crippen LogP contribution in [0.1, 0.15) is 88.3 Å². The summed E-state index contributed by atoms with van der Waals surface area (Å²) < 4.78 is 29.2. The van der Waals surface area contributed by atoms with Gasteiger partial charge in [-0.25, -0.2) is 8.42 Å². The first-order valence-electron chi connectivity index (χ1n) is 19.3. The molecule has 1 aliphatic heterocycles. The number of nitrogens with two attached hydrogens (primary N) is 1. The lowest BCUT2D eigenvalue weighted by molar-refractivity contribution is -0.162. The molecule has 1 fully saturated rings. The fourth-order valence-corrected chi connectivity index (χ4v) is 10.1. The van der Waals surface area contributed by atoms with Gasteiger partial charge in [0.25, 0.3) is 0 Å². The predicted molar refractivity (Wildman–Crippen MR) is 208 cm³/mol. The van der Waals surface area contributed by atoms with E-state index in [1.165, 1.54) is 10.7 Å². The van der Waals surface area contributed by atoms with Crippen LogP contribution in [0.15, 0.2) is 71.9 Å². The van der Waals surface area contributed by atoms with Gasteiger partial charge in [0.2, 0.25) is 23.6 Å². The maximum atomic E-state index is 15.6. The van der Waals surface area contributed by atoms with Crippen LogP contribution in [0.2, 0.25) is 0 Å². The Hall–Kier alpha value is -4.40. The molecule has 1 aromatic heterocycles. The van der Waals surface area contributed by atoms with Crippen LogP contribution in [0.5, 0.6) is 0 Å². The Balaban J connectivity index is 1.67. The van der Waals surface area contributed by atoms with Crippen LogP contribution in [0.25, 0.3) is 0 Å². The van der Waals surface area contributed by atoms with E-state index in [4.69, 9.17) is 5.73 Å². The summed E-state index contributed by atoms with van der Waals surface area (Å²) in [5.74, 6) is -4.44. The molecule has 4 amide bonds. The van der Waals surface area contributed by atoms with E-state index in [9.17, 15) is 27.9 Å². The van der Waals surface area contributed by atoms with Gasteiger partial charge >= 0.3 is 0 Å². The number of amides is 4. The molecule has 5 N–H and O–H groups in total. The molecule has 1 saturated carbocycles. The second kappa shape index (κ2) is 18.0. The molecule has 55 heavy (non-hydrogen) atoms. The standard InChI is InChI=1S/C41H56N6O7S/c1-27(2)22-43-38(50)21-36(49)35(20-31-15-9-6-10-16-31)45-40(52)41(26-46-24-28(3)23-44-46,33-25-55(53,54)37-18-12-11-17-32(33)37)47(29(4)48)39(51)34(42)19-30-13-7-5-8-14-30/h5,7-8,11-14,17-18,23-24,27,31,33-36,49H,6,9-10,15-16,19-22,25-26,42H2,1-4H3,(H,43,50)(H,45,52)/t33?,34-,35-,36-,41+/m0/s1. The van der Waals surface area contributed by atoms with E-state index >= 15 is 4.79 Å². The number of aryl methyl sites for hydroxylation is 1. The lowest BCUT2D eigenvalue weighted by Crippen LogP contribution is -2.70. The van der Waals surface area contributed by atoms with Gasteiger partial charge in [-0.1, -0.05) is 94.5 Å². The number of carbonyl (C=O) groups excluding carboxylic acids is 4. The lowest BCUT2D eigenvalue weighted by Gasteiger charge is -2.46. The number of carbonyl (C=O) groups is 4. The summed E-state index contributed by atoms with van der Waals surface area (Å²) in [5.41, 5.74) is 6.09. The second-order valence-electron chi connectivity index (χ2n) is 15.8. The van der Waals surface area contributed by atoms with E-state index in [1.807, 2.05) is 19.9 Å². The smallest absolute Gasteiger partial charge is 0.249 e. The first kappa shape index (κ1) is 41.8. The molecule has 13 nitrogen and oxygen atoms in total. The average Bonchev–Trinajstić information content (AvgIpc) is 3.69. The molecule has 0 spiro atoms. The van der Waals surface area contributed by atoms with Gasteiger partial charge in [0.1, 0.15) is 0 Å². The Bertz CT molecular complexity index is 1930. The highest BCUT2D eigenvalue weighted by molar-refractivity contribution is 7.91. The molecular formula is C41H56N6O7S. The maximum absolute atomic E-state index is 15.6. The van der Waals surface area contributed by atoms with Gasteiger partial charge in [-0.05, 0) is 54.4 Å². The summed E-state index contributed by atoms with van der Waals surface area (Å²) in [7, 11) is -4.00. The van der Waals surface area contributed by atoms with Crippen molar-refractivity contribution in [3.05, 3.63) is 83.7 Å². The third-order valence-electron chi connectivity index (χ3n) is 10.9. The number of hydrogen-bond donors (Lipinski definition) is 4. The number of aromatic nitrogens is 2. The molecule has 2 heterocycles. The first-order valence-corrected chi connectivity index (χ1v) is 21.0. The van der Waals surface area contributed by atoms with Crippen LogP contribution >= 0.6 is 0 Å². The summed E-state index contributed by atoms with van der Waals surface area (Å²) in [6.07, 6.45) is 6.76. The van der Waals surface area contributed by atoms with Crippen molar-refractivity contribution in [3.63, 3.8) is 0 Å². The minimum Gasteiger partial charge on any atom is -0.390 e. The van der Waals surface area contributed by atoms with Crippen LogP contribution in [-0.4, -0.2) is 87.9 Å². The highest BCUT2D eigenvalue weighted by Gasteiger charge is 2.60.